The van der Waals surface area contributed by atoms with Gasteiger partial charge in [0.2, 0.25) is 5.91 Å². The molecule has 1 atom stereocenters. The van der Waals surface area contributed by atoms with Crippen LogP contribution in [0.2, 0.25) is 0 Å². The van der Waals surface area contributed by atoms with Crippen molar-refractivity contribution < 1.29 is 9.53 Å². The van der Waals surface area contributed by atoms with E-state index in [-0.39, 0.29) is 24.4 Å². The van der Waals surface area contributed by atoms with Gasteiger partial charge in [-0.25, -0.2) is 0 Å². The first-order chi connectivity index (χ1) is 9.70. The molecule has 1 aliphatic heterocycles. The molecule has 21 heavy (non-hydrogen) atoms. The van der Waals surface area contributed by atoms with Crippen molar-refractivity contribution in [1.29, 1.82) is 0 Å². The van der Waals surface area contributed by atoms with E-state index < -0.39 is 0 Å². The predicted molar refractivity (Wildman–Crippen MR) is 94.5 cm³/mol. The number of rotatable bonds is 5. The Balaban J connectivity index is 0.00000220. The molecule has 0 saturated carbocycles. The molecular formula is C14H20BrClN2O2S. The van der Waals surface area contributed by atoms with E-state index in [0.717, 1.165) is 33.8 Å². The van der Waals surface area contributed by atoms with Crippen LogP contribution in [-0.4, -0.2) is 37.1 Å². The van der Waals surface area contributed by atoms with Crippen LogP contribution in [0, 0.1) is 0 Å². The van der Waals surface area contributed by atoms with Gasteiger partial charge in [-0.2, -0.15) is 11.8 Å². The van der Waals surface area contributed by atoms with Gasteiger partial charge in [-0.3, -0.25) is 4.79 Å². The van der Waals surface area contributed by atoms with Gasteiger partial charge in [0.15, 0.2) is 0 Å². The van der Waals surface area contributed by atoms with Gasteiger partial charge in [-0.1, -0.05) is 22.0 Å². The molecule has 0 aliphatic carbocycles. The second-order valence-corrected chi connectivity index (χ2v) is 6.68. The number of hydrogen-bond donors (Lipinski definition) is 2. The molecule has 1 heterocycles. The van der Waals surface area contributed by atoms with Crippen molar-refractivity contribution in [3.63, 3.8) is 0 Å². The first-order valence-electron chi connectivity index (χ1n) is 6.58. The zero-order valence-corrected chi connectivity index (χ0v) is 15.1. The molecule has 1 saturated heterocycles. The van der Waals surface area contributed by atoms with Crippen molar-refractivity contribution >= 4 is 51.7 Å². The Morgan fingerprint density at radius 1 is 1.57 bits per heavy atom. The summed E-state index contributed by atoms with van der Waals surface area (Å²) in [6.45, 7) is 1.45. The van der Waals surface area contributed by atoms with Gasteiger partial charge in [0.1, 0.15) is 0 Å². The summed E-state index contributed by atoms with van der Waals surface area (Å²) in [6.07, 6.45) is 0.506. The SMILES string of the molecule is COCc1c(Br)cccc1NC(=O)CC1CSCCN1.Cl. The number of carbonyl (C=O) groups excluding carboxylic acids is 1. The van der Waals surface area contributed by atoms with E-state index in [1.807, 2.05) is 30.0 Å². The topological polar surface area (TPSA) is 50.4 Å². The smallest absolute Gasteiger partial charge is 0.225 e. The molecule has 1 fully saturated rings. The van der Waals surface area contributed by atoms with Crippen LogP contribution >= 0.6 is 40.1 Å². The fourth-order valence-corrected chi connectivity index (χ4v) is 3.57. The molecule has 0 spiro atoms. The molecule has 1 aromatic rings. The molecule has 118 valence electrons. The number of benzene rings is 1. The van der Waals surface area contributed by atoms with Gasteiger partial charge in [-0.15, -0.1) is 12.4 Å². The van der Waals surface area contributed by atoms with Crippen molar-refractivity contribution in [2.75, 3.05) is 30.5 Å². The standard InChI is InChI=1S/C14H19BrN2O2S.ClH/c1-19-8-11-12(15)3-2-4-13(11)17-14(18)7-10-9-20-6-5-16-10;/h2-4,10,16H,5-9H2,1H3,(H,17,18);1H. The lowest BCUT2D eigenvalue weighted by Gasteiger charge is -2.22. The fraction of sp³-hybridized carbons (Fsp3) is 0.500. The second-order valence-electron chi connectivity index (χ2n) is 4.68. The highest BCUT2D eigenvalue weighted by Crippen LogP contribution is 2.25. The van der Waals surface area contributed by atoms with Gasteiger partial charge in [0.25, 0.3) is 0 Å². The van der Waals surface area contributed by atoms with Crippen LogP contribution in [0.4, 0.5) is 5.69 Å². The minimum atomic E-state index is 0. The Kier molecular flexibility index (Phi) is 8.66. The lowest BCUT2D eigenvalue weighted by atomic mass is 10.1. The van der Waals surface area contributed by atoms with Crippen LogP contribution in [0.3, 0.4) is 0 Å². The second kappa shape index (κ2) is 9.69. The van der Waals surface area contributed by atoms with E-state index in [1.54, 1.807) is 7.11 Å². The highest BCUT2D eigenvalue weighted by molar-refractivity contribution is 9.10. The third-order valence-electron chi connectivity index (χ3n) is 3.11. The van der Waals surface area contributed by atoms with E-state index in [0.29, 0.717) is 13.0 Å². The highest BCUT2D eigenvalue weighted by atomic mass is 79.9. The number of amides is 1. The average molecular weight is 396 g/mol. The zero-order valence-electron chi connectivity index (χ0n) is 11.9. The first-order valence-corrected chi connectivity index (χ1v) is 8.52. The summed E-state index contributed by atoms with van der Waals surface area (Å²) in [4.78, 5) is 12.1. The lowest BCUT2D eigenvalue weighted by molar-refractivity contribution is -0.116. The average Bonchev–Trinajstić information content (AvgIpc) is 2.44. The molecule has 2 N–H and O–H groups in total. The maximum atomic E-state index is 12.1. The van der Waals surface area contributed by atoms with Crippen LogP contribution in [0.5, 0.6) is 0 Å². The number of nitrogens with one attached hydrogen (secondary N) is 2. The summed E-state index contributed by atoms with van der Waals surface area (Å²) in [5.74, 6) is 2.17. The minimum Gasteiger partial charge on any atom is -0.380 e. The molecule has 1 unspecified atom stereocenters. The highest BCUT2D eigenvalue weighted by Gasteiger charge is 2.17. The number of thioether (sulfide) groups is 1. The Hall–Kier alpha value is -0.270. The molecule has 1 aliphatic rings. The molecular weight excluding hydrogens is 376 g/mol. The van der Waals surface area contributed by atoms with E-state index in [4.69, 9.17) is 4.74 Å². The summed E-state index contributed by atoms with van der Waals surface area (Å²) < 4.78 is 6.13. The Morgan fingerprint density at radius 3 is 3.05 bits per heavy atom. The van der Waals surface area contributed by atoms with Gasteiger partial charge in [0, 0.05) is 53.3 Å². The largest absolute Gasteiger partial charge is 0.380 e. The van der Waals surface area contributed by atoms with E-state index in [2.05, 4.69) is 26.6 Å². The molecule has 7 heteroatoms. The Bertz CT molecular complexity index is 470. The van der Waals surface area contributed by atoms with Gasteiger partial charge in [-0.05, 0) is 12.1 Å². The molecule has 0 radical (unpaired) electrons. The van der Waals surface area contributed by atoms with Crippen molar-refractivity contribution in [1.82, 2.24) is 5.32 Å². The zero-order chi connectivity index (χ0) is 14.4. The molecule has 4 nitrogen and oxygen atoms in total. The van der Waals surface area contributed by atoms with Crippen LogP contribution in [0.25, 0.3) is 0 Å². The fourth-order valence-electron chi connectivity index (χ4n) is 2.14. The Labute approximate surface area is 144 Å². The van der Waals surface area contributed by atoms with Crippen molar-refractivity contribution in [3.05, 3.63) is 28.2 Å². The summed E-state index contributed by atoms with van der Waals surface area (Å²) in [6, 6.07) is 6.03. The monoisotopic (exact) mass is 394 g/mol. The van der Waals surface area contributed by atoms with E-state index in [9.17, 15) is 4.79 Å². The first kappa shape index (κ1) is 18.8. The van der Waals surface area contributed by atoms with Crippen LogP contribution in [0.15, 0.2) is 22.7 Å². The maximum absolute atomic E-state index is 12.1. The van der Waals surface area contributed by atoms with Crippen molar-refractivity contribution in [3.8, 4) is 0 Å². The number of anilines is 1. The van der Waals surface area contributed by atoms with Crippen molar-refractivity contribution in [2.24, 2.45) is 0 Å². The van der Waals surface area contributed by atoms with Crippen LogP contribution < -0.4 is 10.6 Å². The predicted octanol–water partition coefficient (Wildman–Crippen LogP) is 3.05. The van der Waals surface area contributed by atoms with Gasteiger partial charge in [0.05, 0.1) is 6.61 Å². The van der Waals surface area contributed by atoms with E-state index >= 15 is 0 Å². The lowest BCUT2D eigenvalue weighted by Crippen LogP contribution is -2.40. The molecule has 1 amide bonds. The van der Waals surface area contributed by atoms with Crippen molar-refractivity contribution in [2.45, 2.75) is 19.1 Å². The Morgan fingerprint density at radius 2 is 2.38 bits per heavy atom. The summed E-state index contributed by atoms with van der Waals surface area (Å²) >= 11 is 5.38. The maximum Gasteiger partial charge on any atom is 0.225 e. The van der Waals surface area contributed by atoms with Gasteiger partial charge < -0.3 is 15.4 Å². The number of carbonyl (C=O) groups is 1. The van der Waals surface area contributed by atoms with Gasteiger partial charge >= 0.3 is 0 Å². The summed E-state index contributed by atoms with van der Waals surface area (Å²) in [7, 11) is 1.65. The summed E-state index contributed by atoms with van der Waals surface area (Å²) in [5.41, 5.74) is 1.78. The number of methoxy groups -OCH3 is 1. The van der Waals surface area contributed by atoms with Crippen LogP contribution in [0.1, 0.15) is 12.0 Å². The molecule has 1 aromatic carbocycles. The quantitative estimate of drug-likeness (QED) is 0.804. The van der Waals surface area contributed by atoms with E-state index in [1.165, 1.54) is 0 Å². The number of hydrogen-bond acceptors (Lipinski definition) is 4. The molecule has 0 bridgehead atoms. The minimum absolute atomic E-state index is 0. The number of halogens is 2. The molecule has 2 rings (SSSR count). The van der Waals surface area contributed by atoms with Crippen LogP contribution in [-0.2, 0) is 16.1 Å². The summed E-state index contributed by atoms with van der Waals surface area (Å²) in [5, 5.41) is 6.36. The normalized spacial score (nSPS) is 17.9. The molecule has 0 aromatic heterocycles. The number of ether oxygens (including phenoxy) is 1. The third kappa shape index (κ3) is 5.79. The third-order valence-corrected chi connectivity index (χ3v) is 4.99.